The number of rotatable bonds is 7. The van der Waals surface area contributed by atoms with Gasteiger partial charge >= 0.3 is 0 Å². The van der Waals surface area contributed by atoms with Crippen molar-refractivity contribution in [3.8, 4) is 39.4 Å². The molecule has 9 aromatic carbocycles. The summed E-state index contributed by atoms with van der Waals surface area (Å²) in [4.78, 5) is 7.28. The number of para-hydroxylation sites is 2. The molecule has 0 saturated carbocycles. The third kappa shape index (κ3) is 5.74. The van der Waals surface area contributed by atoms with Gasteiger partial charge in [-0.1, -0.05) is 133 Å². The van der Waals surface area contributed by atoms with Gasteiger partial charge in [-0.25, -0.2) is 4.98 Å². The van der Waals surface area contributed by atoms with Crippen molar-refractivity contribution in [2.45, 2.75) is 0 Å². The summed E-state index contributed by atoms with van der Waals surface area (Å²) in [6.45, 7) is 0. The van der Waals surface area contributed by atoms with Crippen LogP contribution in [0.4, 0.5) is 17.1 Å². The molecule has 0 amide bonds. The number of fused-ring (bicyclic) bond motifs is 6. The van der Waals surface area contributed by atoms with Crippen LogP contribution in [-0.2, 0) is 0 Å². The highest BCUT2D eigenvalue weighted by Gasteiger charge is 2.19. The lowest BCUT2D eigenvalue weighted by Crippen LogP contribution is -2.10. The van der Waals surface area contributed by atoms with Gasteiger partial charge in [0.25, 0.3) is 0 Å². The van der Waals surface area contributed by atoms with Gasteiger partial charge in [0.2, 0.25) is 5.89 Å². The minimum absolute atomic E-state index is 0.636. The van der Waals surface area contributed by atoms with Crippen LogP contribution in [-0.4, -0.2) is 9.55 Å². The van der Waals surface area contributed by atoms with Crippen molar-refractivity contribution in [1.29, 1.82) is 0 Å². The quantitative estimate of drug-likeness (QED) is 0.164. The lowest BCUT2D eigenvalue weighted by Gasteiger charge is -2.26. The molecule has 2 aromatic heterocycles. The van der Waals surface area contributed by atoms with Crippen LogP contribution >= 0.6 is 0 Å². The summed E-state index contributed by atoms with van der Waals surface area (Å²) in [6, 6.07) is 75.4. The van der Waals surface area contributed by atoms with E-state index in [1.54, 1.807) is 0 Å². The highest BCUT2D eigenvalue weighted by atomic mass is 16.3. The smallest absolute Gasteiger partial charge is 0.227 e. The zero-order valence-electron chi connectivity index (χ0n) is 31.0. The summed E-state index contributed by atoms with van der Waals surface area (Å²) < 4.78 is 8.55. The largest absolute Gasteiger partial charge is 0.436 e. The average molecular weight is 730 g/mol. The predicted molar refractivity (Wildman–Crippen MR) is 237 cm³/mol. The zero-order chi connectivity index (χ0) is 37.7. The van der Waals surface area contributed by atoms with Crippen LogP contribution in [0.3, 0.4) is 0 Å². The fourth-order valence-electron chi connectivity index (χ4n) is 8.26. The Morgan fingerprint density at radius 3 is 1.79 bits per heavy atom. The Labute approximate surface area is 330 Å². The second-order valence-corrected chi connectivity index (χ2v) is 14.4. The Morgan fingerprint density at radius 2 is 0.982 bits per heavy atom. The van der Waals surface area contributed by atoms with Gasteiger partial charge in [0.1, 0.15) is 5.52 Å². The molecule has 4 heteroatoms. The first-order chi connectivity index (χ1) is 28.2. The second-order valence-electron chi connectivity index (χ2n) is 14.4. The summed E-state index contributed by atoms with van der Waals surface area (Å²) in [7, 11) is 0. The van der Waals surface area contributed by atoms with Crippen molar-refractivity contribution in [3.05, 3.63) is 212 Å². The fourth-order valence-corrected chi connectivity index (χ4v) is 8.26. The van der Waals surface area contributed by atoms with Gasteiger partial charge in [-0.05, 0) is 107 Å². The minimum Gasteiger partial charge on any atom is -0.436 e. The molecule has 0 fully saturated rings. The van der Waals surface area contributed by atoms with Crippen LogP contribution in [0.15, 0.2) is 217 Å². The van der Waals surface area contributed by atoms with Gasteiger partial charge in [-0.15, -0.1) is 0 Å². The molecule has 0 aliphatic heterocycles. The molecule has 0 N–H and O–H groups in total. The molecular formula is C53H35N3O. The molecule has 268 valence electrons. The molecule has 11 aromatic rings. The number of hydrogen-bond acceptors (Lipinski definition) is 3. The van der Waals surface area contributed by atoms with E-state index in [4.69, 9.17) is 9.40 Å². The lowest BCUT2D eigenvalue weighted by atomic mass is 10.00. The molecule has 0 aliphatic carbocycles. The van der Waals surface area contributed by atoms with Gasteiger partial charge in [-0.2, -0.15) is 0 Å². The molecule has 0 aliphatic rings. The summed E-state index contributed by atoms with van der Waals surface area (Å²) >= 11 is 0. The lowest BCUT2D eigenvalue weighted by molar-refractivity contribution is 0.620. The number of hydrogen-bond donors (Lipinski definition) is 0. The molecule has 57 heavy (non-hydrogen) atoms. The number of aromatic nitrogens is 2. The van der Waals surface area contributed by atoms with E-state index in [-0.39, 0.29) is 0 Å². The van der Waals surface area contributed by atoms with E-state index in [1.165, 1.54) is 27.4 Å². The number of oxazole rings is 1. The summed E-state index contributed by atoms with van der Waals surface area (Å²) in [5, 5.41) is 4.66. The van der Waals surface area contributed by atoms with Crippen molar-refractivity contribution in [2.75, 3.05) is 4.90 Å². The first-order valence-electron chi connectivity index (χ1n) is 19.3. The third-order valence-corrected chi connectivity index (χ3v) is 11.0. The fraction of sp³-hybridized carbons (Fsp3) is 0. The van der Waals surface area contributed by atoms with Crippen molar-refractivity contribution in [1.82, 2.24) is 9.55 Å². The maximum absolute atomic E-state index is 6.17. The summed E-state index contributed by atoms with van der Waals surface area (Å²) in [5.74, 6) is 0.636. The topological polar surface area (TPSA) is 34.2 Å². The Hall–Kier alpha value is -7.69. The highest BCUT2D eigenvalue weighted by molar-refractivity contribution is 6.10. The number of nitrogens with zero attached hydrogens (tertiary/aromatic N) is 3. The van der Waals surface area contributed by atoms with E-state index in [0.29, 0.717) is 5.89 Å². The van der Waals surface area contributed by atoms with E-state index in [1.807, 2.05) is 36.4 Å². The molecule has 11 rings (SSSR count). The van der Waals surface area contributed by atoms with Gasteiger partial charge < -0.3 is 13.9 Å². The molecular weight excluding hydrogens is 695 g/mol. The van der Waals surface area contributed by atoms with Crippen molar-refractivity contribution in [2.24, 2.45) is 0 Å². The SMILES string of the molecule is c1ccc(-c2cccc(N(c3ccc(-c4ccc5c(ccc6oc(-c7ccccc7)nc65)c4)cc3)c3ccc4c5ccccc5n(-c5ccccc5)c4c3)c2)cc1. The molecule has 0 saturated heterocycles. The molecule has 0 spiro atoms. The Kier molecular flexibility index (Phi) is 7.78. The summed E-state index contributed by atoms with van der Waals surface area (Å²) in [5.41, 5.74) is 14.0. The van der Waals surface area contributed by atoms with Gasteiger partial charge in [0.15, 0.2) is 5.58 Å². The maximum atomic E-state index is 6.17. The van der Waals surface area contributed by atoms with Crippen LogP contribution in [0.5, 0.6) is 0 Å². The van der Waals surface area contributed by atoms with Crippen molar-refractivity contribution < 1.29 is 4.42 Å². The molecule has 0 radical (unpaired) electrons. The van der Waals surface area contributed by atoms with Crippen LogP contribution < -0.4 is 4.90 Å². The van der Waals surface area contributed by atoms with E-state index in [9.17, 15) is 0 Å². The third-order valence-electron chi connectivity index (χ3n) is 11.0. The monoisotopic (exact) mass is 729 g/mol. The van der Waals surface area contributed by atoms with Crippen LogP contribution in [0.25, 0.3) is 83.1 Å². The Bertz CT molecular complexity index is 3220. The summed E-state index contributed by atoms with van der Waals surface area (Å²) in [6.07, 6.45) is 0. The van der Waals surface area contributed by atoms with Gasteiger partial charge in [0, 0.05) is 44.5 Å². The first-order valence-corrected chi connectivity index (χ1v) is 19.3. The van der Waals surface area contributed by atoms with Gasteiger partial charge in [0.05, 0.1) is 11.0 Å². The van der Waals surface area contributed by atoms with Crippen molar-refractivity contribution in [3.63, 3.8) is 0 Å². The first kappa shape index (κ1) is 32.7. The Balaban J connectivity index is 1.02. The van der Waals surface area contributed by atoms with Gasteiger partial charge in [-0.3, -0.25) is 0 Å². The average Bonchev–Trinajstić information content (AvgIpc) is 3.88. The van der Waals surface area contributed by atoms with E-state index >= 15 is 0 Å². The standard InChI is InChI=1S/C53H35N3O/c1-4-13-36(14-5-1)39-17-12-20-44(34-39)55(45-29-31-48-47-21-10-11-22-49(47)56(50(48)35-45)42-18-8-3-9-19-42)43-27-23-37(24-28-43)40-25-30-46-41(33-40)26-32-51-52(46)54-53(57-51)38-15-6-2-7-16-38/h1-35H. The normalized spacial score (nSPS) is 11.5. The Morgan fingerprint density at radius 1 is 0.386 bits per heavy atom. The molecule has 0 bridgehead atoms. The number of anilines is 3. The molecule has 0 atom stereocenters. The minimum atomic E-state index is 0.636. The van der Waals surface area contributed by atoms with E-state index in [2.05, 4.69) is 185 Å². The predicted octanol–water partition coefficient (Wildman–Crippen LogP) is 14.5. The van der Waals surface area contributed by atoms with E-state index < -0.39 is 0 Å². The highest BCUT2D eigenvalue weighted by Crippen LogP contribution is 2.41. The van der Waals surface area contributed by atoms with E-state index in [0.717, 1.165) is 66.8 Å². The molecule has 4 nitrogen and oxygen atoms in total. The number of benzene rings is 9. The maximum Gasteiger partial charge on any atom is 0.227 e. The van der Waals surface area contributed by atoms with Crippen LogP contribution in [0.1, 0.15) is 0 Å². The van der Waals surface area contributed by atoms with Crippen molar-refractivity contribution >= 4 is 60.7 Å². The van der Waals surface area contributed by atoms with Crippen LogP contribution in [0.2, 0.25) is 0 Å². The molecule has 2 heterocycles. The molecule has 0 unspecified atom stereocenters. The zero-order valence-corrected chi connectivity index (χ0v) is 31.0. The second kappa shape index (κ2) is 13.6. The van der Waals surface area contributed by atoms with Crippen LogP contribution in [0, 0.1) is 0 Å².